The number of imidazole rings is 1. The number of anilines is 2. The highest BCUT2D eigenvalue weighted by Gasteiger charge is 2.32. The number of likely N-dealkylation sites (tertiary alicyclic amines) is 1. The summed E-state index contributed by atoms with van der Waals surface area (Å²) in [5, 5.41) is 2.34. The fourth-order valence-electron chi connectivity index (χ4n) is 5.16. The van der Waals surface area contributed by atoms with Gasteiger partial charge in [0.05, 0.1) is 5.56 Å². The third kappa shape index (κ3) is 6.12. The molecule has 14 heteroatoms. The van der Waals surface area contributed by atoms with Crippen LogP contribution in [-0.4, -0.2) is 55.1 Å². The normalized spacial score (nSPS) is 15.4. The van der Waals surface area contributed by atoms with Crippen LogP contribution in [0.4, 0.5) is 24.8 Å². The lowest BCUT2D eigenvalue weighted by Gasteiger charge is -2.32. The first-order chi connectivity index (χ1) is 20.5. The zero-order chi connectivity index (χ0) is 30.9. The average Bonchev–Trinajstić information content (AvgIpc) is 3.37. The summed E-state index contributed by atoms with van der Waals surface area (Å²) in [5.74, 6) is -0.991. The second-order valence-electron chi connectivity index (χ2n) is 10.1. The zero-order valence-corrected chi connectivity index (χ0v) is 23.3. The molecule has 1 unspecified atom stereocenters. The Hall–Kier alpha value is -5.01. The van der Waals surface area contributed by atoms with Crippen LogP contribution in [0.2, 0.25) is 0 Å². The van der Waals surface area contributed by atoms with Crippen LogP contribution >= 0.6 is 0 Å². The van der Waals surface area contributed by atoms with Gasteiger partial charge in [-0.25, -0.2) is 15.0 Å². The second kappa shape index (κ2) is 11.7. The molecule has 2 amide bonds. The zero-order valence-electron chi connectivity index (χ0n) is 23.3. The smallest absolute Gasteiger partial charge is 0.416 e. The number of ether oxygens (including phenoxy) is 1. The number of alkyl halides is 3. The van der Waals surface area contributed by atoms with Crippen molar-refractivity contribution in [2.75, 3.05) is 24.1 Å². The highest BCUT2D eigenvalue weighted by molar-refractivity contribution is 6.05. The van der Waals surface area contributed by atoms with E-state index in [0.29, 0.717) is 48.2 Å². The van der Waals surface area contributed by atoms with E-state index in [4.69, 9.17) is 15.5 Å². The van der Waals surface area contributed by atoms with Gasteiger partial charge in [0.15, 0.2) is 0 Å². The van der Waals surface area contributed by atoms with Crippen molar-refractivity contribution in [2.45, 2.75) is 45.2 Å². The number of halogens is 3. The number of aromatic nitrogens is 4. The molecule has 4 aromatic rings. The first kappa shape index (κ1) is 29.5. The molecule has 43 heavy (non-hydrogen) atoms. The highest BCUT2D eigenvalue weighted by atomic mass is 19.4. The van der Waals surface area contributed by atoms with Crippen molar-refractivity contribution in [3.8, 4) is 17.0 Å². The molecule has 1 atom stereocenters. The van der Waals surface area contributed by atoms with Gasteiger partial charge in [0.2, 0.25) is 5.91 Å². The molecule has 0 spiro atoms. The van der Waals surface area contributed by atoms with Gasteiger partial charge in [-0.05, 0) is 43.2 Å². The number of nitrogens with zero attached hydrogens (tertiary/aromatic N) is 5. The van der Waals surface area contributed by atoms with Crippen LogP contribution in [0, 0.1) is 0 Å². The van der Waals surface area contributed by atoms with Gasteiger partial charge in [-0.3, -0.25) is 18.8 Å². The first-order valence-electron chi connectivity index (χ1n) is 13.5. The maximum atomic E-state index is 13.1. The topological polar surface area (TPSA) is 145 Å². The molecule has 11 nitrogen and oxygen atoms in total. The molecule has 4 heterocycles. The van der Waals surface area contributed by atoms with Crippen LogP contribution in [0.1, 0.15) is 60.8 Å². The van der Waals surface area contributed by atoms with E-state index in [2.05, 4.69) is 15.3 Å². The van der Waals surface area contributed by atoms with Crippen LogP contribution in [0.15, 0.2) is 48.9 Å². The molecular formula is C29H28F3N7O4. The van der Waals surface area contributed by atoms with Crippen molar-refractivity contribution in [3.05, 3.63) is 65.9 Å². The van der Waals surface area contributed by atoms with Gasteiger partial charge in [-0.15, -0.1) is 0 Å². The summed E-state index contributed by atoms with van der Waals surface area (Å²) in [6.07, 6.45) is 1.56. The molecule has 1 fully saturated rings. The van der Waals surface area contributed by atoms with E-state index >= 15 is 0 Å². The Morgan fingerprint density at radius 3 is 2.65 bits per heavy atom. The molecule has 3 aromatic heterocycles. The fraction of sp³-hybridized carbons (Fsp3) is 0.310. The lowest BCUT2D eigenvalue weighted by molar-refractivity contribution is -0.137. The number of carbonyl (C=O) groups excluding carboxylic acids is 3. The van der Waals surface area contributed by atoms with Crippen molar-refractivity contribution in [1.82, 2.24) is 24.3 Å². The number of hydrogen-bond donors (Lipinski definition) is 2. The number of pyridine rings is 1. The monoisotopic (exact) mass is 595 g/mol. The largest absolute Gasteiger partial charge is 0.426 e. The SMILES string of the molecule is CCC(=O)N1CCCC(c2nc(-c3ccc(C(=O)Nc4cc(C(F)(F)F)ccn4)cc3OC(C)=O)c3c(N)nccn23)C1. The van der Waals surface area contributed by atoms with Gasteiger partial charge >= 0.3 is 12.1 Å². The molecule has 1 aliphatic rings. The average molecular weight is 596 g/mol. The molecule has 224 valence electrons. The summed E-state index contributed by atoms with van der Waals surface area (Å²) in [7, 11) is 0. The summed E-state index contributed by atoms with van der Waals surface area (Å²) >= 11 is 0. The maximum absolute atomic E-state index is 13.1. The van der Waals surface area contributed by atoms with Gasteiger partial charge in [-0.2, -0.15) is 13.2 Å². The molecule has 1 aromatic carbocycles. The van der Waals surface area contributed by atoms with E-state index in [0.717, 1.165) is 25.1 Å². The lowest BCUT2D eigenvalue weighted by Crippen LogP contribution is -2.39. The Bertz CT molecular complexity index is 1720. The van der Waals surface area contributed by atoms with Crippen molar-refractivity contribution in [1.29, 1.82) is 0 Å². The number of fused-ring (bicyclic) bond motifs is 1. The predicted molar refractivity (Wildman–Crippen MR) is 150 cm³/mol. The summed E-state index contributed by atoms with van der Waals surface area (Å²) < 4.78 is 46.6. The van der Waals surface area contributed by atoms with Crippen molar-refractivity contribution < 1.29 is 32.3 Å². The van der Waals surface area contributed by atoms with Crippen LogP contribution in [0.25, 0.3) is 16.8 Å². The third-order valence-electron chi connectivity index (χ3n) is 7.13. The van der Waals surface area contributed by atoms with Crippen molar-refractivity contribution >= 4 is 34.9 Å². The van der Waals surface area contributed by atoms with Gasteiger partial charge in [0.25, 0.3) is 5.91 Å². The maximum Gasteiger partial charge on any atom is 0.416 e. The summed E-state index contributed by atoms with van der Waals surface area (Å²) in [6, 6.07) is 5.73. The first-order valence-corrected chi connectivity index (χ1v) is 13.5. The van der Waals surface area contributed by atoms with E-state index in [-0.39, 0.29) is 34.8 Å². The van der Waals surface area contributed by atoms with E-state index in [1.807, 2.05) is 11.8 Å². The molecule has 0 saturated carbocycles. The Labute approximate surface area is 243 Å². The molecular weight excluding hydrogens is 567 g/mol. The summed E-state index contributed by atoms with van der Waals surface area (Å²) in [4.78, 5) is 52.2. The molecule has 1 saturated heterocycles. The van der Waals surface area contributed by atoms with Crippen LogP contribution in [-0.2, 0) is 15.8 Å². The molecule has 0 bridgehead atoms. The third-order valence-corrected chi connectivity index (χ3v) is 7.13. The number of amides is 2. The fourth-order valence-corrected chi connectivity index (χ4v) is 5.16. The number of rotatable bonds is 6. The predicted octanol–water partition coefficient (Wildman–Crippen LogP) is 4.69. The van der Waals surface area contributed by atoms with Gasteiger partial charge < -0.3 is 20.7 Å². The number of benzene rings is 1. The number of nitrogens with two attached hydrogens (primary N) is 1. The van der Waals surface area contributed by atoms with Gasteiger partial charge in [-0.1, -0.05) is 6.92 Å². The standard InChI is InChI=1S/C29H28F3N7O4/c1-3-23(41)38-11-4-5-18(15-38)27-37-24(25-26(33)35-10-12-39(25)27)20-7-6-17(13-21(20)43-16(2)40)28(42)36-22-14-19(8-9-34-22)29(30,31)32/h6-10,12-14,18H,3-5,11,15H2,1-2H3,(H2,33,35)(H,34,36,42). The van der Waals surface area contributed by atoms with Gasteiger partial charge in [0.1, 0.15) is 34.4 Å². The molecule has 3 N–H and O–H groups in total. The minimum atomic E-state index is -4.61. The van der Waals surface area contributed by atoms with Crippen molar-refractivity contribution in [2.24, 2.45) is 0 Å². The van der Waals surface area contributed by atoms with E-state index in [9.17, 15) is 27.6 Å². The van der Waals surface area contributed by atoms with E-state index in [1.54, 1.807) is 10.6 Å². The molecule has 0 aliphatic carbocycles. The number of nitrogen functional groups attached to an aromatic ring is 1. The molecule has 1 aliphatic heterocycles. The van der Waals surface area contributed by atoms with Crippen LogP contribution in [0.5, 0.6) is 5.75 Å². The Morgan fingerprint density at radius 2 is 1.93 bits per heavy atom. The number of esters is 1. The Kier molecular flexibility index (Phi) is 8.02. The number of carbonyl (C=O) groups is 3. The van der Waals surface area contributed by atoms with Crippen molar-refractivity contribution in [3.63, 3.8) is 0 Å². The van der Waals surface area contributed by atoms with Crippen LogP contribution < -0.4 is 15.8 Å². The number of hydrogen-bond acceptors (Lipinski definition) is 8. The summed E-state index contributed by atoms with van der Waals surface area (Å²) in [6.45, 7) is 4.15. The number of nitrogens with one attached hydrogen (secondary N) is 1. The van der Waals surface area contributed by atoms with E-state index < -0.39 is 23.6 Å². The van der Waals surface area contributed by atoms with Gasteiger partial charge in [0, 0.05) is 62.1 Å². The highest BCUT2D eigenvalue weighted by Crippen LogP contribution is 2.38. The molecule has 0 radical (unpaired) electrons. The quantitative estimate of drug-likeness (QED) is 0.241. The Balaban J connectivity index is 1.54. The summed E-state index contributed by atoms with van der Waals surface area (Å²) in [5.41, 5.74) is 6.46. The molecule has 5 rings (SSSR count). The Morgan fingerprint density at radius 1 is 1.14 bits per heavy atom. The number of piperidine rings is 1. The second-order valence-corrected chi connectivity index (χ2v) is 10.1. The van der Waals surface area contributed by atoms with Crippen LogP contribution in [0.3, 0.4) is 0 Å². The minimum absolute atomic E-state index is 0.00459. The van der Waals surface area contributed by atoms with E-state index in [1.165, 1.54) is 31.3 Å². The lowest BCUT2D eigenvalue weighted by atomic mass is 9.97. The minimum Gasteiger partial charge on any atom is -0.426 e.